The molecule has 4 rings (SSSR count). The summed E-state index contributed by atoms with van der Waals surface area (Å²) in [4.78, 5) is 11.2. The highest BCUT2D eigenvalue weighted by Gasteiger charge is 2.19. The molecule has 1 N–H and O–H groups in total. The van der Waals surface area contributed by atoms with Crippen molar-refractivity contribution in [1.29, 1.82) is 0 Å². The van der Waals surface area contributed by atoms with E-state index in [-0.39, 0.29) is 0 Å². The standard InChI is InChI=1S/C21H24N4/c1-3-18(12-22-8-1)15-25(16-19-7-10-23-13-19)14-17-5-6-21-20(11-17)4-2-9-24-21/h1-6,8-9,11-12,19,23H,7,10,13-16H2/t19-/m0/s1. The lowest BCUT2D eigenvalue weighted by molar-refractivity contribution is 0.220. The molecule has 25 heavy (non-hydrogen) atoms. The predicted octanol–water partition coefficient (Wildman–Crippen LogP) is 3.24. The molecule has 1 aromatic carbocycles. The SMILES string of the molecule is c1cncc(CN(Cc2ccc3ncccc3c2)C[C@H]2CCNC2)c1. The molecule has 1 aliphatic heterocycles. The summed E-state index contributed by atoms with van der Waals surface area (Å²) in [6, 6.07) is 14.9. The minimum atomic E-state index is 0.735. The van der Waals surface area contributed by atoms with Gasteiger partial charge in [0, 0.05) is 43.6 Å². The van der Waals surface area contributed by atoms with Crippen LogP contribution in [0.25, 0.3) is 10.9 Å². The first-order valence-electron chi connectivity index (χ1n) is 9.02. The second-order valence-electron chi connectivity index (χ2n) is 6.92. The lowest BCUT2D eigenvalue weighted by Gasteiger charge is -2.25. The van der Waals surface area contributed by atoms with Gasteiger partial charge in [-0.2, -0.15) is 0 Å². The molecule has 0 spiro atoms. The smallest absolute Gasteiger partial charge is 0.0702 e. The van der Waals surface area contributed by atoms with Crippen LogP contribution in [0, 0.1) is 5.92 Å². The van der Waals surface area contributed by atoms with Gasteiger partial charge >= 0.3 is 0 Å². The van der Waals surface area contributed by atoms with Gasteiger partial charge < -0.3 is 5.32 Å². The number of benzene rings is 1. The van der Waals surface area contributed by atoms with Gasteiger partial charge in [0.15, 0.2) is 0 Å². The summed E-state index contributed by atoms with van der Waals surface area (Å²) in [6.45, 7) is 5.29. The van der Waals surface area contributed by atoms with Crippen LogP contribution >= 0.6 is 0 Å². The molecule has 0 unspecified atom stereocenters. The van der Waals surface area contributed by atoms with Gasteiger partial charge in [-0.1, -0.05) is 18.2 Å². The van der Waals surface area contributed by atoms with Crippen molar-refractivity contribution in [2.24, 2.45) is 5.92 Å². The molecule has 4 heteroatoms. The Balaban J connectivity index is 1.53. The van der Waals surface area contributed by atoms with E-state index in [0.717, 1.165) is 44.2 Å². The topological polar surface area (TPSA) is 41.1 Å². The molecule has 0 amide bonds. The fourth-order valence-electron chi connectivity index (χ4n) is 3.65. The molecule has 1 fully saturated rings. The number of fused-ring (bicyclic) bond motifs is 1. The van der Waals surface area contributed by atoms with Crippen molar-refractivity contribution in [3.8, 4) is 0 Å². The maximum Gasteiger partial charge on any atom is 0.0702 e. The van der Waals surface area contributed by atoms with Crippen LogP contribution in [0.4, 0.5) is 0 Å². The van der Waals surface area contributed by atoms with E-state index in [4.69, 9.17) is 0 Å². The Morgan fingerprint density at radius 1 is 1.04 bits per heavy atom. The van der Waals surface area contributed by atoms with Gasteiger partial charge in [-0.3, -0.25) is 14.9 Å². The Hall–Kier alpha value is -2.30. The molecule has 4 nitrogen and oxygen atoms in total. The number of nitrogens with one attached hydrogen (secondary N) is 1. The summed E-state index contributed by atoms with van der Waals surface area (Å²) < 4.78 is 0. The van der Waals surface area contributed by atoms with Gasteiger partial charge in [0.1, 0.15) is 0 Å². The van der Waals surface area contributed by atoms with Crippen molar-refractivity contribution in [3.05, 3.63) is 72.2 Å². The van der Waals surface area contributed by atoms with Crippen molar-refractivity contribution >= 4 is 10.9 Å². The molecule has 1 atom stereocenters. The summed E-state index contributed by atoms with van der Waals surface area (Å²) >= 11 is 0. The maximum absolute atomic E-state index is 4.42. The molecule has 1 aliphatic rings. The van der Waals surface area contributed by atoms with Gasteiger partial charge in [0.25, 0.3) is 0 Å². The minimum absolute atomic E-state index is 0.735. The zero-order chi connectivity index (χ0) is 16.9. The number of rotatable bonds is 6. The third-order valence-corrected chi connectivity index (χ3v) is 4.88. The lowest BCUT2D eigenvalue weighted by atomic mass is 10.1. The first-order valence-corrected chi connectivity index (χ1v) is 9.02. The quantitative estimate of drug-likeness (QED) is 0.752. The van der Waals surface area contributed by atoms with E-state index in [2.05, 4.69) is 50.5 Å². The van der Waals surface area contributed by atoms with E-state index in [1.54, 1.807) is 0 Å². The van der Waals surface area contributed by atoms with E-state index in [1.807, 2.05) is 30.7 Å². The fourth-order valence-corrected chi connectivity index (χ4v) is 3.65. The second kappa shape index (κ2) is 7.72. The second-order valence-corrected chi connectivity index (χ2v) is 6.92. The highest BCUT2D eigenvalue weighted by atomic mass is 15.1. The zero-order valence-corrected chi connectivity index (χ0v) is 14.4. The van der Waals surface area contributed by atoms with Crippen molar-refractivity contribution in [3.63, 3.8) is 0 Å². The average Bonchev–Trinajstić information content (AvgIpc) is 3.15. The number of nitrogens with zero attached hydrogens (tertiary/aromatic N) is 3. The zero-order valence-electron chi connectivity index (χ0n) is 14.4. The fraction of sp³-hybridized carbons (Fsp3) is 0.333. The third-order valence-electron chi connectivity index (χ3n) is 4.88. The number of aromatic nitrogens is 2. The van der Waals surface area contributed by atoms with Crippen LogP contribution in [0.5, 0.6) is 0 Å². The summed E-state index contributed by atoms with van der Waals surface area (Å²) in [6.07, 6.45) is 6.93. The highest BCUT2D eigenvalue weighted by Crippen LogP contribution is 2.18. The van der Waals surface area contributed by atoms with Gasteiger partial charge in [-0.15, -0.1) is 0 Å². The molecule has 0 saturated carbocycles. The molecule has 2 aromatic heterocycles. The molecule has 0 aliphatic carbocycles. The average molecular weight is 332 g/mol. The summed E-state index contributed by atoms with van der Waals surface area (Å²) in [5, 5.41) is 4.69. The van der Waals surface area contributed by atoms with Crippen molar-refractivity contribution in [1.82, 2.24) is 20.2 Å². The Morgan fingerprint density at radius 3 is 2.80 bits per heavy atom. The number of pyridine rings is 2. The van der Waals surface area contributed by atoms with E-state index in [0.29, 0.717) is 0 Å². The summed E-state index contributed by atoms with van der Waals surface area (Å²) in [5.74, 6) is 0.735. The van der Waals surface area contributed by atoms with Crippen LogP contribution in [0.15, 0.2) is 61.1 Å². The normalized spacial score (nSPS) is 17.4. The third kappa shape index (κ3) is 4.21. The number of hydrogen-bond donors (Lipinski definition) is 1. The molecule has 1 saturated heterocycles. The minimum Gasteiger partial charge on any atom is -0.316 e. The van der Waals surface area contributed by atoms with E-state index < -0.39 is 0 Å². The van der Waals surface area contributed by atoms with Crippen LogP contribution in [-0.4, -0.2) is 34.5 Å². The van der Waals surface area contributed by atoms with E-state index in [1.165, 1.54) is 22.9 Å². The summed E-state index contributed by atoms with van der Waals surface area (Å²) in [7, 11) is 0. The Labute approximate surface area is 148 Å². The Kier molecular flexibility index (Phi) is 5.00. The molecular formula is C21H24N4. The maximum atomic E-state index is 4.42. The van der Waals surface area contributed by atoms with Crippen LogP contribution in [-0.2, 0) is 13.1 Å². The monoisotopic (exact) mass is 332 g/mol. The van der Waals surface area contributed by atoms with Crippen LogP contribution in [0.1, 0.15) is 17.5 Å². The van der Waals surface area contributed by atoms with Gasteiger partial charge in [-0.25, -0.2) is 0 Å². The highest BCUT2D eigenvalue weighted by molar-refractivity contribution is 5.78. The van der Waals surface area contributed by atoms with Crippen molar-refractivity contribution in [2.45, 2.75) is 19.5 Å². The number of hydrogen-bond acceptors (Lipinski definition) is 4. The van der Waals surface area contributed by atoms with Crippen molar-refractivity contribution in [2.75, 3.05) is 19.6 Å². The first kappa shape index (κ1) is 16.2. The van der Waals surface area contributed by atoms with Gasteiger partial charge in [0.2, 0.25) is 0 Å². The van der Waals surface area contributed by atoms with Gasteiger partial charge in [0.05, 0.1) is 5.52 Å². The molecule has 0 radical (unpaired) electrons. The first-order chi connectivity index (χ1) is 12.4. The molecular weight excluding hydrogens is 308 g/mol. The van der Waals surface area contributed by atoms with E-state index >= 15 is 0 Å². The molecule has 3 heterocycles. The Bertz CT molecular complexity index is 812. The van der Waals surface area contributed by atoms with Crippen LogP contribution in [0.2, 0.25) is 0 Å². The summed E-state index contributed by atoms with van der Waals surface area (Å²) in [5.41, 5.74) is 3.68. The van der Waals surface area contributed by atoms with Crippen LogP contribution in [0.3, 0.4) is 0 Å². The lowest BCUT2D eigenvalue weighted by Crippen LogP contribution is -2.30. The molecule has 128 valence electrons. The van der Waals surface area contributed by atoms with E-state index in [9.17, 15) is 0 Å². The predicted molar refractivity (Wildman–Crippen MR) is 101 cm³/mol. The van der Waals surface area contributed by atoms with Crippen molar-refractivity contribution < 1.29 is 0 Å². The molecule has 0 bridgehead atoms. The largest absolute Gasteiger partial charge is 0.316 e. The van der Waals surface area contributed by atoms with Crippen LogP contribution < -0.4 is 5.32 Å². The van der Waals surface area contributed by atoms with Gasteiger partial charge in [-0.05, 0) is 60.8 Å². The Morgan fingerprint density at radius 2 is 1.96 bits per heavy atom. The molecule has 3 aromatic rings.